The second-order valence-electron chi connectivity index (χ2n) is 4.44. The van der Waals surface area contributed by atoms with E-state index < -0.39 is 5.60 Å². The number of carbonyl (C=O) groups excluding carboxylic acids is 1. The van der Waals surface area contributed by atoms with E-state index in [1.165, 1.54) is 0 Å². The molecule has 1 amide bonds. The molecule has 1 aliphatic rings. The summed E-state index contributed by atoms with van der Waals surface area (Å²) >= 11 is 0. The standard InChI is InChI=1S/C12H16N2O3/c1-12(7-13)8-14(11(16)6-17-12)9-2-4-10(15)5-3-9/h2-5,15H,6-8,13H2,1H3. The summed E-state index contributed by atoms with van der Waals surface area (Å²) in [5, 5.41) is 9.22. The molecule has 92 valence electrons. The molecule has 1 aromatic carbocycles. The third-order valence-electron chi connectivity index (χ3n) is 2.93. The number of morpholine rings is 1. The molecule has 0 aliphatic carbocycles. The van der Waals surface area contributed by atoms with Gasteiger partial charge in [-0.2, -0.15) is 0 Å². The summed E-state index contributed by atoms with van der Waals surface area (Å²) in [6.45, 7) is 2.70. The fraction of sp³-hybridized carbons (Fsp3) is 0.417. The minimum Gasteiger partial charge on any atom is -0.508 e. The number of aromatic hydroxyl groups is 1. The van der Waals surface area contributed by atoms with Gasteiger partial charge in [0, 0.05) is 12.2 Å². The van der Waals surface area contributed by atoms with Gasteiger partial charge in [-0.25, -0.2) is 0 Å². The number of phenols is 1. The predicted molar refractivity (Wildman–Crippen MR) is 63.9 cm³/mol. The molecule has 1 heterocycles. The molecule has 0 bridgehead atoms. The minimum absolute atomic E-state index is 0.0363. The number of amides is 1. The number of hydrogen-bond acceptors (Lipinski definition) is 4. The summed E-state index contributed by atoms with van der Waals surface area (Å²) in [6, 6.07) is 6.51. The van der Waals surface area contributed by atoms with Crippen LogP contribution < -0.4 is 10.6 Å². The number of hydrogen-bond donors (Lipinski definition) is 2. The average Bonchev–Trinajstić information content (AvgIpc) is 2.34. The highest BCUT2D eigenvalue weighted by molar-refractivity contribution is 5.95. The minimum atomic E-state index is -0.508. The number of carbonyl (C=O) groups is 1. The molecular formula is C12H16N2O3. The smallest absolute Gasteiger partial charge is 0.253 e. The number of benzene rings is 1. The van der Waals surface area contributed by atoms with Crippen molar-refractivity contribution < 1.29 is 14.6 Å². The van der Waals surface area contributed by atoms with Crippen molar-refractivity contribution in [1.29, 1.82) is 0 Å². The average molecular weight is 236 g/mol. The number of nitrogens with zero attached hydrogens (tertiary/aromatic N) is 1. The maximum Gasteiger partial charge on any atom is 0.253 e. The van der Waals surface area contributed by atoms with Crippen molar-refractivity contribution in [2.45, 2.75) is 12.5 Å². The molecule has 0 saturated carbocycles. The van der Waals surface area contributed by atoms with Crippen molar-refractivity contribution in [3.05, 3.63) is 24.3 Å². The molecule has 0 spiro atoms. The monoisotopic (exact) mass is 236 g/mol. The molecule has 1 unspecified atom stereocenters. The second-order valence-corrected chi connectivity index (χ2v) is 4.44. The fourth-order valence-electron chi connectivity index (χ4n) is 1.77. The summed E-state index contributed by atoms with van der Waals surface area (Å²) in [6.07, 6.45) is 0. The highest BCUT2D eigenvalue weighted by Gasteiger charge is 2.35. The van der Waals surface area contributed by atoms with Crippen LogP contribution in [0.25, 0.3) is 0 Å². The van der Waals surface area contributed by atoms with Crippen molar-refractivity contribution in [3.8, 4) is 5.75 Å². The van der Waals surface area contributed by atoms with Gasteiger partial charge in [-0.15, -0.1) is 0 Å². The highest BCUT2D eigenvalue weighted by Crippen LogP contribution is 2.25. The van der Waals surface area contributed by atoms with Crippen LogP contribution in [0.4, 0.5) is 5.69 Å². The van der Waals surface area contributed by atoms with Crippen molar-refractivity contribution in [1.82, 2.24) is 0 Å². The SMILES string of the molecule is CC1(CN)CN(c2ccc(O)cc2)C(=O)CO1. The van der Waals surface area contributed by atoms with Crippen LogP contribution in [0.15, 0.2) is 24.3 Å². The summed E-state index contributed by atoms with van der Waals surface area (Å²) < 4.78 is 5.44. The Labute approximate surface area is 99.8 Å². The Hall–Kier alpha value is -1.59. The highest BCUT2D eigenvalue weighted by atomic mass is 16.5. The molecule has 0 aromatic heterocycles. The lowest BCUT2D eigenvalue weighted by Crippen LogP contribution is -2.56. The summed E-state index contributed by atoms with van der Waals surface area (Å²) in [7, 11) is 0. The van der Waals surface area contributed by atoms with Gasteiger partial charge in [0.2, 0.25) is 0 Å². The molecule has 2 rings (SSSR count). The zero-order valence-corrected chi connectivity index (χ0v) is 9.72. The van der Waals surface area contributed by atoms with Crippen LogP contribution in [-0.2, 0) is 9.53 Å². The zero-order chi connectivity index (χ0) is 12.5. The number of anilines is 1. The first-order chi connectivity index (χ1) is 8.04. The molecule has 1 atom stereocenters. The molecule has 1 saturated heterocycles. The third kappa shape index (κ3) is 2.40. The van der Waals surface area contributed by atoms with Gasteiger partial charge in [-0.3, -0.25) is 4.79 Å². The van der Waals surface area contributed by atoms with Crippen molar-refractivity contribution in [2.75, 3.05) is 24.6 Å². The van der Waals surface area contributed by atoms with Crippen LogP contribution in [0.3, 0.4) is 0 Å². The lowest BCUT2D eigenvalue weighted by molar-refractivity contribution is -0.135. The number of ether oxygens (including phenoxy) is 1. The summed E-state index contributed by atoms with van der Waals surface area (Å²) in [5.41, 5.74) is 5.88. The van der Waals surface area contributed by atoms with Crippen LogP contribution >= 0.6 is 0 Å². The molecule has 1 aromatic rings. The molecule has 3 N–H and O–H groups in total. The van der Waals surface area contributed by atoms with Crippen LogP contribution in [-0.4, -0.2) is 36.3 Å². The molecule has 1 fully saturated rings. The number of phenolic OH excluding ortho intramolecular Hbond substituents is 1. The fourth-order valence-corrected chi connectivity index (χ4v) is 1.77. The Morgan fingerprint density at radius 2 is 2.12 bits per heavy atom. The van der Waals surface area contributed by atoms with Crippen LogP contribution in [0.5, 0.6) is 5.75 Å². The van der Waals surface area contributed by atoms with E-state index in [1.54, 1.807) is 29.2 Å². The predicted octanol–water partition coefficient (Wildman–Crippen LogP) is 0.473. The Morgan fingerprint density at radius 1 is 1.47 bits per heavy atom. The number of nitrogens with two attached hydrogens (primary N) is 1. The quantitative estimate of drug-likeness (QED) is 0.782. The van der Waals surface area contributed by atoms with Gasteiger partial charge in [0.05, 0.1) is 12.1 Å². The van der Waals surface area contributed by atoms with Crippen molar-refractivity contribution >= 4 is 11.6 Å². The topological polar surface area (TPSA) is 75.8 Å². The Bertz CT molecular complexity index is 418. The van der Waals surface area contributed by atoms with Gasteiger partial charge < -0.3 is 20.5 Å². The van der Waals surface area contributed by atoms with Crippen LogP contribution in [0.2, 0.25) is 0 Å². The molecular weight excluding hydrogens is 220 g/mol. The second kappa shape index (κ2) is 4.35. The van der Waals surface area contributed by atoms with E-state index in [1.807, 2.05) is 6.92 Å². The Morgan fingerprint density at radius 3 is 2.71 bits per heavy atom. The maximum absolute atomic E-state index is 11.8. The number of rotatable bonds is 2. The van der Waals surface area contributed by atoms with Crippen molar-refractivity contribution in [3.63, 3.8) is 0 Å². The lowest BCUT2D eigenvalue weighted by Gasteiger charge is -2.39. The molecule has 1 aliphatic heterocycles. The zero-order valence-electron chi connectivity index (χ0n) is 9.72. The normalized spacial score (nSPS) is 25.1. The van der Waals surface area contributed by atoms with E-state index in [2.05, 4.69) is 0 Å². The van der Waals surface area contributed by atoms with Gasteiger partial charge in [0.25, 0.3) is 5.91 Å². The van der Waals surface area contributed by atoms with E-state index >= 15 is 0 Å². The summed E-state index contributed by atoms with van der Waals surface area (Å²) in [5.74, 6) is 0.0812. The van der Waals surface area contributed by atoms with Crippen LogP contribution in [0, 0.1) is 0 Å². The van der Waals surface area contributed by atoms with E-state index in [-0.39, 0.29) is 18.3 Å². The van der Waals surface area contributed by atoms with Gasteiger partial charge in [0.15, 0.2) is 0 Å². The first-order valence-electron chi connectivity index (χ1n) is 5.47. The first-order valence-corrected chi connectivity index (χ1v) is 5.47. The van der Waals surface area contributed by atoms with E-state index in [0.29, 0.717) is 13.1 Å². The van der Waals surface area contributed by atoms with Gasteiger partial charge >= 0.3 is 0 Å². The van der Waals surface area contributed by atoms with Crippen molar-refractivity contribution in [2.24, 2.45) is 5.73 Å². The van der Waals surface area contributed by atoms with Gasteiger partial charge in [0.1, 0.15) is 12.4 Å². The Balaban J connectivity index is 2.24. The molecule has 5 nitrogen and oxygen atoms in total. The maximum atomic E-state index is 11.8. The van der Waals surface area contributed by atoms with Gasteiger partial charge in [-0.1, -0.05) is 0 Å². The third-order valence-corrected chi connectivity index (χ3v) is 2.93. The molecule has 17 heavy (non-hydrogen) atoms. The first kappa shape index (κ1) is 11.9. The van der Waals surface area contributed by atoms with E-state index in [0.717, 1.165) is 5.69 Å². The summed E-state index contributed by atoms with van der Waals surface area (Å²) in [4.78, 5) is 13.4. The van der Waals surface area contributed by atoms with Gasteiger partial charge in [-0.05, 0) is 31.2 Å². The lowest BCUT2D eigenvalue weighted by atomic mass is 10.0. The molecule has 5 heteroatoms. The van der Waals surface area contributed by atoms with E-state index in [9.17, 15) is 9.90 Å². The largest absolute Gasteiger partial charge is 0.508 e. The van der Waals surface area contributed by atoms with E-state index in [4.69, 9.17) is 10.5 Å². The van der Waals surface area contributed by atoms with Crippen LogP contribution in [0.1, 0.15) is 6.92 Å². The Kier molecular flexibility index (Phi) is 3.04. The molecule has 0 radical (unpaired) electrons.